The van der Waals surface area contributed by atoms with Gasteiger partial charge in [0, 0.05) is 0 Å². The summed E-state index contributed by atoms with van der Waals surface area (Å²) in [5.41, 5.74) is 5.19. The lowest BCUT2D eigenvalue weighted by Gasteiger charge is -2.15. The Kier molecular flexibility index (Phi) is 6.02. The van der Waals surface area contributed by atoms with Crippen LogP contribution in [-0.2, 0) is 11.4 Å². The molecule has 0 radical (unpaired) electrons. The Labute approximate surface area is 186 Å². The van der Waals surface area contributed by atoms with Crippen molar-refractivity contribution in [2.24, 2.45) is 0 Å². The number of carbonyl (C=O) groups excluding carboxylic acids is 1. The molecule has 3 aromatic carbocycles. The molecular weight excluding hydrogens is 410 g/mol. The normalized spacial score (nSPS) is 15.1. The van der Waals surface area contributed by atoms with Gasteiger partial charge in [0.1, 0.15) is 12.4 Å². The highest BCUT2D eigenvalue weighted by Gasteiger charge is 2.33. The molecule has 1 amide bonds. The Hall–Kier alpha value is -2.89. The zero-order valence-electron chi connectivity index (χ0n) is 16.8. The predicted molar refractivity (Wildman–Crippen MR) is 129 cm³/mol. The summed E-state index contributed by atoms with van der Waals surface area (Å²) in [6, 6.07) is 23.7. The third-order valence-corrected chi connectivity index (χ3v) is 6.27. The number of carbonyl (C=O) groups is 1. The molecule has 3 aromatic rings. The number of hydrogen-bond donors (Lipinski definition) is 0. The second-order valence-corrected chi connectivity index (χ2v) is 8.80. The van der Waals surface area contributed by atoms with E-state index < -0.39 is 0 Å². The van der Waals surface area contributed by atoms with Gasteiger partial charge in [0.15, 0.2) is 4.32 Å². The van der Waals surface area contributed by atoms with Gasteiger partial charge in [0.2, 0.25) is 0 Å². The van der Waals surface area contributed by atoms with Crippen molar-refractivity contribution < 1.29 is 9.53 Å². The van der Waals surface area contributed by atoms with Crippen molar-refractivity contribution in [3.05, 3.63) is 100.0 Å². The molecule has 1 fully saturated rings. The van der Waals surface area contributed by atoms with Crippen LogP contribution in [0.3, 0.4) is 0 Å². The third kappa shape index (κ3) is 4.48. The van der Waals surface area contributed by atoms with Crippen molar-refractivity contribution in [2.75, 3.05) is 4.90 Å². The van der Waals surface area contributed by atoms with E-state index in [1.165, 1.54) is 17.3 Å². The van der Waals surface area contributed by atoms with Gasteiger partial charge in [-0.3, -0.25) is 9.69 Å². The van der Waals surface area contributed by atoms with Crippen LogP contribution in [0.5, 0.6) is 5.75 Å². The number of amides is 1. The van der Waals surface area contributed by atoms with Gasteiger partial charge in [0.25, 0.3) is 5.91 Å². The van der Waals surface area contributed by atoms with Crippen molar-refractivity contribution in [1.82, 2.24) is 0 Å². The van der Waals surface area contributed by atoms with Crippen LogP contribution in [0.2, 0.25) is 0 Å². The molecule has 0 spiro atoms. The van der Waals surface area contributed by atoms with Crippen molar-refractivity contribution in [1.29, 1.82) is 0 Å². The number of hydrogen-bond acceptors (Lipinski definition) is 4. The van der Waals surface area contributed by atoms with Crippen molar-refractivity contribution >= 4 is 46.0 Å². The Balaban J connectivity index is 1.47. The van der Waals surface area contributed by atoms with E-state index in [9.17, 15) is 4.79 Å². The Bertz CT molecular complexity index is 1120. The molecular formula is C25H21NO2S2. The first-order chi connectivity index (χ1) is 14.5. The lowest BCUT2D eigenvalue weighted by Crippen LogP contribution is -2.27. The van der Waals surface area contributed by atoms with Crippen molar-refractivity contribution in [3.8, 4) is 5.75 Å². The molecule has 1 aliphatic rings. The summed E-state index contributed by atoms with van der Waals surface area (Å²) in [5, 5.41) is 0. The first kappa shape index (κ1) is 20.4. The number of aryl methyl sites for hydroxylation is 2. The Morgan fingerprint density at radius 2 is 1.70 bits per heavy atom. The first-order valence-electron chi connectivity index (χ1n) is 9.63. The minimum atomic E-state index is -0.0855. The van der Waals surface area contributed by atoms with E-state index in [1.54, 1.807) is 4.90 Å². The zero-order chi connectivity index (χ0) is 21.1. The van der Waals surface area contributed by atoms with Gasteiger partial charge in [-0.2, -0.15) is 0 Å². The van der Waals surface area contributed by atoms with Crippen LogP contribution in [0.4, 0.5) is 5.69 Å². The van der Waals surface area contributed by atoms with E-state index >= 15 is 0 Å². The summed E-state index contributed by atoms with van der Waals surface area (Å²) in [6.07, 6.45) is 1.88. The minimum Gasteiger partial charge on any atom is -0.489 e. The van der Waals surface area contributed by atoms with E-state index in [4.69, 9.17) is 17.0 Å². The average molecular weight is 432 g/mol. The molecule has 1 heterocycles. The number of benzene rings is 3. The van der Waals surface area contributed by atoms with Gasteiger partial charge < -0.3 is 4.74 Å². The Morgan fingerprint density at radius 3 is 2.40 bits per heavy atom. The summed E-state index contributed by atoms with van der Waals surface area (Å²) < 4.78 is 6.38. The molecule has 0 unspecified atom stereocenters. The topological polar surface area (TPSA) is 29.5 Å². The number of anilines is 1. The van der Waals surface area contributed by atoms with E-state index in [-0.39, 0.29) is 5.91 Å². The maximum Gasteiger partial charge on any atom is 0.270 e. The van der Waals surface area contributed by atoms with E-state index in [0.29, 0.717) is 15.8 Å². The Morgan fingerprint density at radius 1 is 0.967 bits per heavy atom. The maximum absolute atomic E-state index is 13.0. The van der Waals surface area contributed by atoms with Gasteiger partial charge in [-0.1, -0.05) is 72.5 Å². The smallest absolute Gasteiger partial charge is 0.270 e. The molecule has 3 nitrogen and oxygen atoms in total. The summed E-state index contributed by atoms with van der Waals surface area (Å²) in [6.45, 7) is 4.61. The number of rotatable bonds is 5. The largest absolute Gasteiger partial charge is 0.489 e. The molecule has 1 aliphatic heterocycles. The molecule has 0 saturated carbocycles. The highest BCUT2D eigenvalue weighted by molar-refractivity contribution is 8.27. The van der Waals surface area contributed by atoms with Gasteiger partial charge in [-0.05, 0) is 66.4 Å². The maximum atomic E-state index is 13.0. The highest BCUT2D eigenvalue weighted by atomic mass is 32.2. The zero-order valence-corrected chi connectivity index (χ0v) is 18.4. The molecule has 5 heteroatoms. The van der Waals surface area contributed by atoms with Gasteiger partial charge in [-0.15, -0.1) is 0 Å². The monoisotopic (exact) mass is 431 g/mol. The van der Waals surface area contributed by atoms with Crippen LogP contribution < -0.4 is 9.64 Å². The molecule has 1 saturated heterocycles. The quantitative estimate of drug-likeness (QED) is 0.351. The fourth-order valence-corrected chi connectivity index (χ4v) is 4.41. The fraction of sp³-hybridized carbons (Fsp3) is 0.120. The van der Waals surface area contributed by atoms with E-state index in [1.807, 2.05) is 85.8 Å². The third-order valence-electron chi connectivity index (χ3n) is 4.97. The molecule has 0 N–H and O–H groups in total. The van der Waals surface area contributed by atoms with E-state index in [0.717, 1.165) is 28.1 Å². The van der Waals surface area contributed by atoms with Crippen LogP contribution >= 0.6 is 24.0 Å². The van der Waals surface area contributed by atoms with Crippen molar-refractivity contribution in [3.63, 3.8) is 0 Å². The molecule has 30 heavy (non-hydrogen) atoms. The predicted octanol–water partition coefficient (Wildman–Crippen LogP) is 6.29. The van der Waals surface area contributed by atoms with Gasteiger partial charge in [0.05, 0.1) is 10.6 Å². The summed E-state index contributed by atoms with van der Waals surface area (Å²) in [7, 11) is 0. The SMILES string of the molecule is Cc1ccc(N2C(=O)/C(=C/c3ccc(OCc4ccccc4)cc3)SC2=S)cc1C. The number of ether oxygens (including phenoxy) is 1. The fourth-order valence-electron chi connectivity index (χ4n) is 3.11. The van der Waals surface area contributed by atoms with Crippen LogP contribution in [0.1, 0.15) is 22.3 Å². The standard InChI is InChI=1S/C25H21NO2S2/c1-17-8-11-21(14-18(17)2)26-24(27)23(30-25(26)29)15-19-9-12-22(13-10-19)28-16-20-6-4-3-5-7-20/h3-15H,16H2,1-2H3/b23-15-. The molecule has 150 valence electrons. The number of nitrogens with zero attached hydrogens (tertiary/aromatic N) is 1. The van der Waals surface area contributed by atoms with E-state index in [2.05, 4.69) is 6.92 Å². The number of thioether (sulfide) groups is 1. The van der Waals surface area contributed by atoms with Crippen LogP contribution in [-0.4, -0.2) is 10.2 Å². The van der Waals surface area contributed by atoms with Crippen molar-refractivity contribution in [2.45, 2.75) is 20.5 Å². The van der Waals surface area contributed by atoms with Crippen LogP contribution in [0, 0.1) is 13.8 Å². The highest BCUT2D eigenvalue weighted by Crippen LogP contribution is 2.36. The average Bonchev–Trinajstić information content (AvgIpc) is 3.03. The first-order valence-corrected chi connectivity index (χ1v) is 10.9. The summed E-state index contributed by atoms with van der Waals surface area (Å²) in [5.74, 6) is 0.705. The molecule has 0 aromatic heterocycles. The second-order valence-electron chi connectivity index (χ2n) is 7.13. The lowest BCUT2D eigenvalue weighted by atomic mass is 10.1. The summed E-state index contributed by atoms with van der Waals surface area (Å²) >= 11 is 6.81. The van der Waals surface area contributed by atoms with Crippen LogP contribution in [0.15, 0.2) is 77.7 Å². The molecule has 0 bridgehead atoms. The molecule has 0 atom stereocenters. The van der Waals surface area contributed by atoms with Crippen LogP contribution in [0.25, 0.3) is 6.08 Å². The lowest BCUT2D eigenvalue weighted by molar-refractivity contribution is -0.113. The second kappa shape index (κ2) is 8.86. The number of thiocarbonyl (C=S) groups is 1. The molecule has 4 rings (SSSR count). The van der Waals surface area contributed by atoms with Gasteiger partial charge >= 0.3 is 0 Å². The van der Waals surface area contributed by atoms with Gasteiger partial charge in [-0.25, -0.2) is 0 Å². The molecule has 0 aliphatic carbocycles. The minimum absolute atomic E-state index is 0.0855. The summed E-state index contributed by atoms with van der Waals surface area (Å²) in [4.78, 5) is 15.2.